The summed E-state index contributed by atoms with van der Waals surface area (Å²) in [7, 11) is 0. The smallest absolute Gasteiger partial charge is 0.284 e. The van der Waals surface area contributed by atoms with E-state index in [-0.39, 0.29) is 0 Å². The zero-order chi connectivity index (χ0) is 12.1. The lowest BCUT2D eigenvalue weighted by Crippen LogP contribution is -1.91. The fraction of sp³-hybridized carbons (Fsp3) is 0.385. The van der Waals surface area contributed by atoms with E-state index in [2.05, 4.69) is 41.4 Å². The molecule has 1 aromatic heterocycles. The SMILES string of the molecule is CCc1ccc(CCCc2n[nH]c(=S)o2)cc1. The Balaban J connectivity index is 1.83. The molecule has 0 saturated heterocycles. The highest BCUT2D eigenvalue weighted by atomic mass is 32.1. The van der Waals surface area contributed by atoms with Gasteiger partial charge in [0.2, 0.25) is 5.89 Å². The molecule has 1 heterocycles. The monoisotopic (exact) mass is 248 g/mol. The highest BCUT2D eigenvalue weighted by molar-refractivity contribution is 7.71. The summed E-state index contributed by atoms with van der Waals surface area (Å²) in [5.74, 6) is 0.695. The minimum absolute atomic E-state index is 0.354. The van der Waals surface area contributed by atoms with Crippen LogP contribution in [0.15, 0.2) is 28.7 Å². The average molecular weight is 248 g/mol. The van der Waals surface area contributed by atoms with Crippen molar-refractivity contribution < 1.29 is 4.42 Å². The van der Waals surface area contributed by atoms with Crippen LogP contribution in [-0.4, -0.2) is 10.2 Å². The van der Waals surface area contributed by atoms with Crippen molar-refractivity contribution in [2.75, 3.05) is 0 Å². The van der Waals surface area contributed by atoms with Crippen LogP contribution in [-0.2, 0) is 19.3 Å². The lowest BCUT2D eigenvalue weighted by atomic mass is 10.1. The first-order valence-electron chi connectivity index (χ1n) is 5.90. The minimum atomic E-state index is 0.354. The van der Waals surface area contributed by atoms with Gasteiger partial charge in [0.25, 0.3) is 4.84 Å². The molecule has 2 rings (SSSR count). The number of nitrogens with one attached hydrogen (secondary N) is 1. The zero-order valence-corrected chi connectivity index (χ0v) is 10.7. The van der Waals surface area contributed by atoms with Gasteiger partial charge in [-0.05, 0) is 42.6 Å². The summed E-state index contributed by atoms with van der Waals surface area (Å²) >= 11 is 4.82. The van der Waals surface area contributed by atoms with E-state index in [9.17, 15) is 0 Å². The van der Waals surface area contributed by atoms with Crippen LogP contribution in [0.5, 0.6) is 0 Å². The van der Waals surface area contributed by atoms with Crippen LogP contribution < -0.4 is 0 Å². The predicted molar refractivity (Wildman–Crippen MR) is 69.5 cm³/mol. The molecule has 0 radical (unpaired) electrons. The molecule has 0 spiro atoms. The number of aromatic nitrogens is 2. The van der Waals surface area contributed by atoms with Crippen LogP contribution in [0, 0.1) is 4.84 Å². The minimum Gasteiger partial charge on any atom is -0.414 e. The van der Waals surface area contributed by atoms with Crippen LogP contribution in [0.2, 0.25) is 0 Å². The van der Waals surface area contributed by atoms with Gasteiger partial charge in [0.15, 0.2) is 0 Å². The van der Waals surface area contributed by atoms with Gasteiger partial charge in [0.1, 0.15) is 0 Å². The first-order valence-corrected chi connectivity index (χ1v) is 6.31. The fourth-order valence-electron chi connectivity index (χ4n) is 1.75. The number of hydrogen-bond donors (Lipinski definition) is 1. The molecule has 90 valence electrons. The van der Waals surface area contributed by atoms with Crippen molar-refractivity contribution in [2.24, 2.45) is 0 Å². The van der Waals surface area contributed by atoms with Crippen molar-refractivity contribution in [2.45, 2.75) is 32.6 Å². The van der Waals surface area contributed by atoms with Gasteiger partial charge < -0.3 is 4.42 Å². The van der Waals surface area contributed by atoms with Gasteiger partial charge in [0.05, 0.1) is 0 Å². The van der Waals surface area contributed by atoms with Crippen LogP contribution in [0.1, 0.15) is 30.4 Å². The van der Waals surface area contributed by atoms with E-state index in [4.69, 9.17) is 16.6 Å². The maximum absolute atomic E-state index is 5.21. The molecule has 0 saturated carbocycles. The Hall–Kier alpha value is -1.42. The molecule has 0 bridgehead atoms. The van der Waals surface area contributed by atoms with Crippen molar-refractivity contribution in [3.63, 3.8) is 0 Å². The van der Waals surface area contributed by atoms with Gasteiger partial charge in [-0.15, -0.1) is 5.10 Å². The van der Waals surface area contributed by atoms with Gasteiger partial charge in [-0.25, -0.2) is 5.10 Å². The molecule has 0 aliphatic rings. The highest BCUT2D eigenvalue weighted by Crippen LogP contribution is 2.09. The molecule has 0 aliphatic carbocycles. The number of aromatic amines is 1. The van der Waals surface area contributed by atoms with Gasteiger partial charge in [-0.3, -0.25) is 0 Å². The van der Waals surface area contributed by atoms with Crippen molar-refractivity contribution in [1.82, 2.24) is 10.2 Å². The lowest BCUT2D eigenvalue weighted by molar-refractivity contribution is 0.474. The van der Waals surface area contributed by atoms with Gasteiger partial charge in [-0.2, -0.15) is 0 Å². The number of nitrogens with zero attached hydrogens (tertiary/aromatic N) is 1. The van der Waals surface area contributed by atoms with Crippen molar-refractivity contribution in [1.29, 1.82) is 0 Å². The molecule has 4 heteroatoms. The Bertz CT molecular complexity index is 513. The normalized spacial score (nSPS) is 10.6. The number of hydrogen-bond acceptors (Lipinski definition) is 3. The van der Waals surface area contributed by atoms with Crippen molar-refractivity contribution >= 4 is 12.2 Å². The van der Waals surface area contributed by atoms with Crippen molar-refractivity contribution in [3.05, 3.63) is 46.1 Å². The molecule has 0 unspecified atom stereocenters. The number of rotatable bonds is 5. The van der Waals surface area contributed by atoms with E-state index in [1.807, 2.05) is 0 Å². The Morgan fingerprint density at radius 2 is 1.88 bits per heavy atom. The second-order valence-electron chi connectivity index (χ2n) is 4.03. The van der Waals surface area contributed by atoms with E-state index in [1.54, 1.807) is 0 Å². The largest absolute Gasteiger partial charge is 0.414 e. The molecule has 0 amide bonds. The van der Waals surface area contributed by atoms with E-state index in [0.717, 1.165) is 25.7 Å². The topological polar surface area (TPSA) is 41.8 Å². The predicted octanol–water partition coefficient (Wildman–Crippen LogP) is 3.47. The molecule has 17 heavy (non-hydrogen) atoms. The number of H-pyrrole nitrogens is 1. The maximum Gasteiger partial charge on any atom is 0.284 e. The summed E-state index contributed by atoms with van der Waals surface area (Å²) in [6.07, 6.45) is 3.98. The lowest BCUT2D eigenvalue weighted by Gasteiger charge is -2.01. The summed E-state index contributed by atoms with van der Waals surface area (Å²) in [5, 5.41) is 6.61. The third-order valence-corrected chi connectivity index (χ3v) is 2.94. The Morgan fingerprint density at radius 3 is 2.47 bits per heavy atom. The summed E-state index contributed by atoms with van der Waals surface area (Å²) < 4.78 is 5.21. The van der Waals surface area contributed by atoms with Crippen LogP contribution in [0.3, 0.4) is 0 Å². The molecule has 3 nitrogen and oxygen atoms in total. The number of benzene rings is 1. The fourth-order valence-corrected chi connectivity index (χ4v) is 1.89. The summed E-state index contributed by atoms with van der Waals surface area (Å²) in [4.78, 5) is 0.354. The molecule has 0 aliphatic heterocycles. The quantitative estimate of drug-likeness (QED) is 0.824. The summed E-state index contributed by atoms with van der Waals surface area (Å²) in [5.41, 5.74) is 2.74. The van der Waals surface area contributed by atoms with Crippen molar-refractivity contribution in [3.8, 4) is 0 Å². The Kier molecular flexibility index (Phi) is 4.09. The van der Waals surface area contributed by atoms with Crippen LogP contribution >= 0.6 is 12.2 Å². The van der Waals surface area contributed by atoms with Gasteiger partial charge in [0, 0.05) is 6.42 Å². The Labute approximate surface area is 106 Å². The molecule has 1 aromatic carbocycles. The third kappa shape index (κ3) is 3.53. The zero-order valence-electron chi connectivity index (χ0n) is 9.90. The van der Waals surface area contributed by atoms with E-state index >= 15 is 0 Å². The molecule has 0 atom stereocenters. The summed E-state index contributed by atoms with van der Waals surface area (Å²) in [6, 6.07) is 8.77. The second kappa shape index (κ2) is 5.77. The molecular weight excluding hydrogens is 232 g/mol. The van der Waals surface area contributed by atoms with E-state index in [0.29, 0.717) is 10.7 Å². The maximum atomic E-state index is 5.21. The number of aryl methyl sites for hydroxylation is 3. The van der Waals surface area contributed by atoms with Crippen LogP contribution in [0.4, 0.5) is 0 Å². The van der Waals surface area contributed by atoms with E-state index < -0.39 is 0 Å². The molecule has 0 fully saturated rings. The van der Waals surface area contributed by atoms with E-state index in [1.165, 1.54) is 11.1 Å². The standard InChI is InChI=1S/C13H16N2OS/c1-2-10-6-8-11(9-7-10)4-3-5-12-14-15-13(17)16-12/h6-9H,2-5H2,1H3,(H,15,17). The highest BCUT2D eigenvalue weighted by Gasteiger charge is 2.00. The van der Waals surface area contributed by atoms with Gasteiger partial charge >= 0.3 is 0 Å². The first-order chi connectivity index (χ1) is 8.28. The van der Waals surface area contributed by atoms with Gasteiger partial charge in [-0.1, -0.05) is 31.2 Å². The summed E-state index contributed by atoms with van der Waals surface area (Å²) in [6.45, 7) is 2.17. The third-order valence-electron chi connectivity index (χ3n) is 2.77. The molecule has 2 aromatic rings. The molecular formula is C13H16N2OS. The average Bonchev–Trinajstić information content (AvgIpc) is 2.76. The Morgan fingerprint density at radius 1 is 1.18 bits per heavy atom. The second-order valence-corrected chi connectivity index (χ2v) is 4.40. The first kappa shape index (κ1) is 12.0. The van der Waals surface area contributed by atoms with Crippen LogP contribution in [0.25, 0.3) is 0 Å². The molecule has 1 N–H and O–H groups in total.